The Kier molecular flexibility index (Phi) is 4.19. The van der Waals surface area contributed by atoms with Crippen LogP contribution in [0, 0.1) is 5.92 Å². The molecular weight excluding hydrogens is 302 g/mol. The Bertz CT molecular complexity index is 698. The number of aromatic nitrogens is 3. The molecule has 126 valence electrons. The van der Waals surface area contributed by atoms with Crippen LogP contribution >= 0.6 is 0 Å². The van der Waals surface area contributed by atoms with Crippen molar-refractivity contribution in [3.63, 3.8) is 0 Å². The zero-order valence-electron chi connectivity index (χ0n) is 13.8. The van der Waals surface area contributed by atoms with Crippen LogP contribution in [0.4, 0.5) is 4.79 Å². The Balaban J connectivity index is 1.37. The molecule has 24 heavy (non-hydrogen) atoms. The Labute approximate surface area is 141 Å². The van der Waals surface area contributed by atoms with Crippen LogP contribution in [0.5, 0.6) is 0 Å². The van der Waals surface area contributed by atoms with E-state index in [-0.39, 0.29) is 6.03 Å². The van der Waals surface area contributed by atoms with Gasteiger partial charge in [0.15, 0.2) is 0 Å². The van der Waals surface area contributed by atoms with E-state index >= 15 is 0 Å². The first-order valence-electron chi connectivity index (χ1n) is 8.82. The standard InChI is InChI=1S/C18H23N5O/c24-18(22-11-5-7-14-6-4-10-17(14)22)19-12-15-13-23(21-20-15)16-8-2-1-3-9-16/h1-3,8-9,13-14,17H,4-7,10-12H2,(H,19,24)/t14-,17+/m0/s1. The minimum Gasteiger partial charge on any atom is -0.332 e. The molecule has 0 radical (unpaired) electrons. The van der Waals surface area contributed by atoms with Gasteiger partial charge in [-0.1, -0.05) is 29.8 Å². The lowest BCUT2D eigenvalue weighted by molar-refractivity contribution is 0.128. The molecule has 2 amide bonds. The highest BCUT2D eigenvalue weighted by Crippen LogP contribution is 2.36. The number of para-hydroxylation sites is 1. The Morgan fingerprint density at radius 3 is 2.88 bits per heavy atom. The summed E-state index contributed by atoms with van der Waals surface area (Å²) in [6.07, 6.45) is 7.95. The lowest BCUT2D eigenvalue weighted by Gasteiger charge is -2.37. The summed E-state index contributed by atoms with van der Waals surface area (Å²) in [5, 5.41) is 11.3. The number of urea groups is 1. The fourth-order valence-corrected chi connectivity index (χ4v) is 4.06. The second kappa shape index (κ2) is 6.63. The average molecular weight is 325 g/mol. The lowest BCUT2D eigenvalue weighted by Crippen LogP contribution is -2.50. The van der Waals surface area contributed by atoms with Gasteiger partial charge >= 0.3 is 6.03 Å². The minimum absolute atomic E-state index is 0.0425. The van der Waals surface area contributed by atoms with E-state index in [2.05, 4.69) is 15.6 Å². The maximum Gasteiger partial charge on any atom is 0.317 e. The second-order valence-electron chi connectivity index (χ2n) is 6.74. The van der Waals surface area contributed by atoms with Gasteiger partial charge in [0.1, 0.15) is 5.69 Å². The van der Waals surface area contributed by atoms with Crippen molar-refractivity contribution in [3.8, 4) is 5.69 Å². The number of amides is 2. The van der Waals surface area contributed by atoms with Crippen molar-refractivity contribution in [2.24, 2.45) is 5.92 Å². The quantitative estimate of drug-likeness (QED) is 0.944. The molecular formula is C18H23N5O. The zero-order valence-corrected chi connectivity index (χ0v) is 13.8. The van der Waals surface area contributed by atoms with Gasteiger partial charge in [0.25, 0.3) is 0 Å². The van der Waals surface area contributed by atoms with Crippen LogP contribution in [0.15, 0.2) is 36.5 Å². The number of rotatable bonds is 3. The highest BCUT2D eigenvalue weighted by Gasteiger charge is 2.37. The first kappa shape index (κ1) is 15.2. The van der Waals surface area contributed by atoms with Crippen LogP contribution in [-0.2, 0) is 6.54 Å². The second-order valence-corrected chi connectivity index (χ2v) is 6.74. The number of hydrogen-bond acceptors (Lipinski definition) is 3. The molecule has 2 heterocycles. The van der Waals surface area contributed by atoms with Crippen molar-refractivity contribution in [1.29, 1.82) is 0 Å². The van der Waals surface area contributed by atoms with Crippen LogP contribution in [0.2, 0.25) is 0 Å². The number of piperidine rings is 1. The van der Waals surface area contributed by atoms with E-state index in [0.717, 1.165) is 30.8 Å². The van der Waals surface area contributed by atoms with Gasteiger partial charge in [-0.15, -0.1) is 5.10 Å². The Morgan fingerprint density at radius 2 is 2.00 bits per heavy atom. The Hall–Kier alpha value is -2.37. The van der Waals surface area contributed by atoms with E-state index in [1.165, 1.54) is 19.3 Å². The molecule has 1 N–H and O–H groups in total. The van der Waals surface area contributed by atoms with Crippen molar-refractivity contribution in [1.82, 2.24) is 25.2 Å². The van der Waals surface area contributed by atoms with Gasteiger partial charge in [-0.3, -0.25) is 0 Å². The number of benzene rings is 1. The smallest absolute Gasteiger partial charge is 0.317 e. The fraction of sp³-hybridized carbons (Fsp3) is 0.500. The normalized spacial score (nSPS) is 23.1. The molecule has 1 aliphatic carbocycles. The summed E-state index contributed by atoms with van der Waals surface area (Å²) in [6.45, 7) is 1.29. The van der Waals surface area contributed by atoms with Crippen LogP contribution in [-0.4, -0.2) is 38.5 Å². The van der Waals surface area contributed by atoms with E-state index in [4.69, 9.17) is 0 Å². The van der Waals surface area contributed by atoms with Crippen LogP contribution in [0.25, 0.3) is 5.69 Å². The van der Waals surface area contributed by atoms with E-state index < -0.39 is 0 Å². The predicted octanol–water partition coefficient (Wildman–Crippen LogP) is 2.74. The summed E-state index contributed by atoms with van der Waals surface area (Å²) >= 11 is 0. The lowest BCUT2D eigenvalue weighted by atomic mass is 9.92. The molecule has 6 nitrogen and oxygen atoms in total. The van der Waals surface area contributed by atoms with Gasteiger partial charge in [0.2, 0.25) is 0 Å². The highest BCUT2D eigenvalue weighted by molar-refractivity contribution is 5.74. The number of nitrogens with one attached hydrogen (secondary N) is 1. The third kappa shape index (κ3) is 3.00. The number of nitrogens with zero attached hydrogens (tertiary/aromatic N) is 4. The highest BCUT2D eigenvalue weighted by atomic mass is 16.2. The van der Waals surface area contributed by atoms with E-state index in [9.17, 15) is 4.79 Å². The van der Waals surface area contributed by atoms with E-state index in [0.29, 0.717) is 18.5 Å². The van der Waals surface area contributed by atoms with Crippen molar-refractivity contribution in [2.75, 3.05) is 6.54 Å². The van der Waals surface area contributed by atoms with Crippen LogP contribution < -0.4 is 5.32 Å². The molecule has 2 fully saturated rings. The van der Waals surface area contributed by atoms with E-state index in [1.54, 1.807) is 4.68 Å². The molecule has 0 bridgehead atoms. The maximum atomic E-state index is 12.6. The Morgan fingerprint density at radius 1 is 1.17 bits per heavy atom. The average Bonchev–Trinajstić information content (AvgIpc) is 3.29. The molecule has 1 aromatic carbocycles. The number of likely N-dealkylation sites (tertiary alicyclic amines) is 1. The molecule has 4 rings (SSSR count). The summed E-state index contributed by atoms with van der Waals surface area (Å²) < 4.78 is 1.73. The molecule has 0 spiro atoms. The molecule has 6 heteroatoms. The molecule has 2 atom stereocenters. The summed E-state index contributed by atoms with van der Waals surface area (Å²) in [5.74, 6) is 0.712. The van der Waals surface area contributed by atoms with Crippen molar-refractivity contribution >= 4 is 6.03 Å². The number of fused-ring (bicyclic) bond motifs is 1. The molecule has 1 aromatic heterocycles. The number of carbonyl (C=O) groups is 1. The molecule has 1 aliphatic heterocycles. The molecule has 2 aromatic rings. The summed E-state index contributed by atoms with van der Waals surface area (Å²) in [6, 6.07) is 10.3. The van der Waals surface area contributed by atoms with Crippen molar-refractivity contribution in [2.45, 2.75) is 44.7 Å². The third-order valence-electron chi connectivity index (χ3n) is 5.24. The van der Waals surface area contributed by atoms with Crippen LogP contribution in [0.1, 0.15) is 37.8 Å². The predicted molar refractivity (Wildman–Crippen MR) is 90.7 cm³/mol. The summed E-state index contributed by atoms with van der Waals surface area (Å²) in [5.41, 5.74) is 1.74. The van der Waals surface area contributed by atoms with Gasteiger partial charge in [-0.05, 0) is 43.7 Å². The van der Waals surface area contributed by atoms with Gasteiger partial charge in [0, 0.05) is 12.6 Å². The summed E-state index contributed by atoms with van der Waals surface area (Å²) in [7, 11) is 0. The van der Waals surface area contributed by atoms with Gasteiger partial charge < -0.3 is 10.2 Å². The number of hydrogen-bond donors (Lipinski definition) is 1. The third-order valence-corrected chi connectivity index (χ3v) is 5.24. The van der Waals surface area contributed by atoms with Crippen molar-refractivity contribution in [3.05, 3.63) is 42.2 Å². The topological polar surface area (TPSA) is 63.1 Å². The fourth-order valence-electron chi connectivity index (χ4n) is 4.06. The first-order chi connectivity index (χ1) is 11.8. The zero-order chi connectivity index (χ0) is 16.4. The number of carbonyl (C=O) groups excluding carboxylic acids is 1. The van der Waals surface area contributed by atoms with Gasteiger partial charge in [0.05, 0.1) is 18.4 Å². The molecule has 0 unspecified atom stereocenters. The largest absolute Gasteiger partial charge is 0.332 e. The van der Waals surface area contributed by atoms with Crippen LogP contribution in [0.3, 0.4) is 0 Å². The monoisotopic (exact) mass is 325 g/mol. The molecule has 1 saturated carbocycles. The van der Waals surface area contributed by atoms with Gasteiger partial charge in [-0.25, -0.2) is 9.48 Å². The summed E-state index contributed by atoms with van der Waals surface area (Å²) in [4.78, 5) is 14.6. The minimum atomic E-state index is 0.0425. The maximum absolute atomic E-state index is 12.6. The molecule has 2 aliphatic rings. The van der Waals surface area contributed by atoms with Gasteiger partial charge in [-0.2, -0.15) is 0 Å². The molecule has 1 saturated heterocycles. The van der Waals surface area contributed by atoms with Crippen molar-refractivity contribution < 1.29 is 4.79 Å². The van der Waals surface area contributed by atoms with E-state index in [1.807, 2.05) is 41.4 Å². The SMILES string of the molecule is O=C(NCc1cn(-c2ccccc2)nn1)N1CCC[C@@H]2CCC[C@H]21. The first-order valence-corrected chi connectivity index (χ1v) is 8.82.